The van der Waals surface area contributed by atoms with E-state index in [0.717, 1.165) is 28.1 Å². The fraction of sp³-hybridized carbons (Fsp3) is 0.0833. The number of aromatic nitrogens is 2. The molecule has 0 spiro atoms. The number of carbonyl (C=O) groups is 2. The lowest BCUT2D eigenvalue weighted by Gasteiger charge is -2.06. The molecule has 0 fully saturated rings. The number of aryl methyl sites for hydroxylation is 1. The number of nitrogens with two attached hydrogens (primary N) is 1. The molecular weight excluding hydrogens is 422 g/mol. The number of pyridine rings is 1. The molecule has 4 N–H and O–H groups in total. The van der Waals surface area contributed by atoms with Crippen molar-refractivity contribution in [2.45, 2.75) is 6.92 Å². The number of anilines is 2. The van der Waals surface area contributed by atoms with Gasteiger partial charge in [-0.05, 0) is 60.5 Å². The molecule has 4 aromatic rings. The summed E-state index contributed by atoms with van der Waals surface area (Å²) in [6, 6.07) is 18.5. The first kappa shape index (κ1) is 21.2. The third-order valence-electron chi connectivity index (χ3n) is 4.72. The minimum absolute atomic E-state index is 0.158. The molecule has 0 aliphatic heterocycles. The minimum Gasteiger partial charge on any atom is -0.399 e. The predicted molar refractivity (Wildman–Crippen MR) is 127 cm³/mol. The van der Waals surface area contributed by atoms with Crippen LogP contribution in [-0.2, 0) is 4.79 Å². The lowest BCUT2D eigenvalue weighted by molar-refractivity contribution is -0.115. The Morgan fingerprint density at radius 1 is 1.00 bits per heavy atom. The molecule has 2 heterocycles. The number of benzene rings is 2. The van der Waals surface area contributed by atoms with Gasteiger partial charge in [0.2, 0.25) is 5.91 Å². The van der Waals surface area contributed by atoms with Gasteiger partial charge >= 0.3 is 0 Å². The second-order valence-electron chi connectivity index (χ2n) is 7.16. The maximum atomic E-state index is 12.2. The van der Waals surface area contributed by atoms with Crippen molar-refractivity contribution in [2.75, 3.05) is 17.6 Å². The van der Waals surface area contributed by atoms with E-state index in [1.165, 1.54) is 11.3 Å². The van der Waals surface area contributed by atoms with E-state index < -0.39 is 0 Å². The summed E-state index contributed by atoms with van der Waals surface area (Å²) in [6.45, 7) is 1.80. The SMILES string of the molecule is Cc1cc(-c2cccc(-c3csc(NC(=O)CNC(=O)c4ccc(N)cc4)n3)c2)ccn1. The highest BCUT2D eigenvalue weighted by Gasteiger charge is 2.11. The molecule has 2 amide bonds. The Hall–Kier alpha value is -4.04. The number of hydrogen-bond donors (Lipinski definition) is 3. The molecule has 2 aromatic heterocycles. The third kappa shape index (κ3) is 5.16. The van der Waals surface area contributed by atoms with E-state index in [1.807, 2.05) is 42.6 Å². The van der Waals surface area contributed by atoms with Crippen LogP contribution < -0.4 is 16.4 Å². The molecule has 0 saturated heterocycles. The van der Waals surface area contributed by atoms with Gasteiger partial charge in [-0.25, -0.2) is 4.98 Å². The first-order valence-electron chi connectivity index (χ1n) is 9.90. The fourth-order valence-corrected chi connectivity index (χ4v) is 3.84. The van der Waals surface area contributed by atoms with E-state index in [0.29, 0.717) is 16.4 Å². The highest BCUT2D eigenvalue weighted by molar-refractivity contribution is 7.14. The Morgan fingerprint density at radius 2 is 1.75 bits per heavy atom. The zero-order chi connectivity index (χ0) is 22.5. The lowest BCUT2D eigenvalue weighted by Crippen LogP contribution is -2.32. The minimum atomic E-state index is -0.351. The van der Waals surface area contributed by atoms with Crippen LogP contribution in [0, 0.1) is 6.92 Å². The van der Waals surface area contributed by atoms with Crippen molar-refractivity contribution < 1.29 is 9.59 Å². The van der Waals surface area contributed by atoms with Crippen LogP contribution >= 0.6 is 11.3 Å². The van der Waals surface area contributed by atoms with E-state index in [4.69, 9.17) is 5.73 Å². The molecule has 7 nitrogen and oxygen atoms in total. The van der Waals surface area contributed by atoms with Crippen molar-refractivity contribution in [3.63, 3.8) is 0 Å². The van der Waals surface area contributed by atoms with Crippen molar-refractivity contribution in [1.29, 1.82) is 0 Å². The van der Waals surface area contributed by atoms with E-state index in [9.17, 15) is 9.59 Å². The van der Waals surface area contributed by atoms with Crippen LogP contribution in [-0.4, -0.2) is 28.3 Å². The van der Waals surface area contributed by atoms with Crippen molar-refractivity contribution in [1.82, 2.24) is 15.3 Å². The molecule has 160 valence electrons. The van der Waals surface area contributed by atoms with Crippen LogP contribution in [0.25, 0.3) is 22.4 Å². The largest absolute Gasteiger partial charge is 0.399 e. The molecule has 2 aromatic carbocycles. The standard InChI is InChI=1S/C24H21N5O2S/c1-15-11-18(9-10-26-15)17-3-2-4-19(12-17)21-14-32-24(28-21)29-22(30)13-27-23(31)16-5-7-20(25)8-6-16/h2-12,14H,13,25H2,1H3,(H,27,31)(H,28,29,30). The lowest BCUT2D eigenvalue weighted by atomic mass is 10.0. The molecule has 32 heavy (non-hydrogen) atoms. The van der Waals surface area contributed by atoms with Gasteiger partial charge in [-0.2, -0.15) is 0 Å². The van der Waals surface area contributed by atoms with E-state index in [2.05, 4.69) is 26.7 Å². The average molecular weight is 444 g/mol. The Balaban J connectivity index is 1.38. The summed E-state index contributed by atoms with van der Waals surface area (Å²) in [6.07, 6.45) is 1.79. The topological polar surface area (TPSA) is 110 Å². The van der Waals surface area contributed by atoms with Gasteiger partial charge in [0.05, 0.1) is 12.2 Å². The fourth-order valence-electron chi connectivity index (χ4n) is 3.11. The number of nitrogens with zero attached hydrogens (tertiary/aromatic N) is 2. The molecule has 0 unspecified atom stereocenters. The second kappa shape index (κ2) is 9.40. The first-order chi connectivity index (χ1) is 15.5. The van der Waals surface area contributed by atoms with Crippen LogP contribution in [0.15, 0.2) is 72.2 Å². The molecule has 0 radical (unpaired) electrons. The van der Waals surface area contributed by atoms with Gasteiger partial charge in [-0.3, -0.25) is 14.6 Å². The van der Waals surface area contributed by atoms with Crippen LogP contribution in [0.5, 0.6) is 0 Å². The third-order valence-corrected chi connectivity index (χ3v) is 5.48. The Morgan fingerprint density at radius 3 is 2.53 bits per heavy atom. The van der Waals surface area contributed by atoms with Gasteiger partial charge in [-0.15, -0.1) is 11.3 Å². The number of rotatable bonds is 6. The van der Waals surface area contributed by atoms with E-state index >= 15 is 0 Å². The maximum absolute atomic E-state index is 12.2. The molecule has 8 heteroatoms. The van der Waals surface area contributed by atoms with Crippen molar-refractivity contribution in [3.05, 3.63) is 83.5 Å². The summed E-state index contributed by atoms with van der Waals surface area (Å²) in [5, 5.41) is 7.67. The van der Waals surface area contributed by atoms with Crippen molar-refractivity contribution >= 4 is 34.0 Å². The molecule has 0 atom stereocenters. The van der Waals surface area contributed by atoms with Crippen LogP contribution in [0.1, 0.15) is 16.1 Å². The number of nitrogen functional groups attached to an aromatic ring is 1. The van der Waals surface area contributed by atoms with E-state index in [1.54, 1.807) is 30.5 Å². The number of amides is 2. The van der Waals surface area contributed by atoms with Crippen LogP contribution in [0.3, 0.4) is 0 Å². The predicted octanol–water partition coefficient (Wildman–Crippen LogP) is 4.13. The van der Waals surface area contributed by atoms with Gasteiger partial charge in [-0.1, -0.05) is 18.2 Å². The molecule has 0 bridgehead atoms. The Bertz CT molecular complexity index is 1270. The molecular formula is C24H21N5O2S. The van der Waals surface area contributed by atoms with Gasteiger partial charge in [0.15, 0.2) is 5.13 Å². The molecule has 0 aliphatic carbocycles. The average Bonchev–Trinajstić information content (AvgIpc) is 3.26. The summed E-state index contributed by atoms with van der Waals surface area (Å²) in [7, 11) is 0. The number of thiazole rings is 1. The van der Waals surface area contributed by atoms with E-state index in [-0.39, 0.29) is 18.4 Å². The van der Waals surface area contributed by atoms with Gasteiger partial charge in [0, 0.05) is 34.1 Å². The molecule has 4 rings (SSSR count). The highest BCUT2D eigenvalue weighted by atomic mass is 32.1. The highest BCUT2D eigenvalue weighted by Crippen LogP contribution is 2.29. The van der Waals surface area contributed by atoms with Crippen LogP contribution in [0.2, 0.25) is 0 Å². The Labute approximate surface area is 189 Å². The molecule has 0 aliphatic rings. The van der Waals surface area contributed by atoms with Crippen molar-refractivity contribution in [2.24, 2.45) is 0 Å². The number of nitrogens with one attached hydrogen (secondary N) is 2. The normalized spacial score (nSPS) is 10.5. The summed E-state index contributed by atoms with van der Waals surface area (Å²) < 4.78 is 0. The van der Waals surface area contributed by atoms with Gasteiger partial charge in [0.1, 0.15) is 0 Å². The maximum Gasteiger partial charge on any atom is 0.251 e. The second-order valence-corrected chi connectivity index (χ2v) is 8.02. The summed E-state index contributed by atoms with van der Waals surface area (Å²) in [5.74, 6) is -0.696. The summed E-state index contributed by atoms with van der Waals surface area (Å²) in [4.78, 5) is 33.1. The monoisotopic (exact) mass is 443 g/mol. The zero-order valence-corrected chi connectivity index (χ0v) is 18.1. The number of carbonyl (C=O) groups excluding carboxylic acids is 2. The van der Waals surface area contributed by atoms with Crippen LogP contribution in [0.4, 0.5) is 10.8 Å². The molecule has 0 saturated carbocycles. The first-order valence-corrected chi connectivity index (χ1v) is 10.8. The quantitative estimate of drug-likeness (QED) is 0.388. The van der Waals surface area contributed by atoms with Gasteiger partial charge < -0.3 is 16.4 Å². The van der Waals surface area contributed by atoms with Gasteiger partial charge in [0.25, 0.3) is 5.91 Å². The number of hydrogen-bond acceptors (Lipinski definition) is 6. The summed E-state index contributed by atoms with van der Waals surface area (Å²) >= 11 is 1.33. The smallest absolute Gasteiger partial charge is 0.251 e. The summed E-state index contributed by atoms with van der Waals surface area (Å²) in [5.41, 5.74) is 11.4. The van der Waals surface area contributed by atoms with Crippen molar-refractivity contribution in [3.8, 4) is 22.4 Å². The zero-order valence-electron chi connectivity index (χ0n) is 17.3. The Kier molecular flexibility index (Phi) is 6.23.